The number of nitrogens with one attached hydrogen (secondary N) is 1. The molecule has 2 N–H and O–H groups in total. The first kappa shape index (κ1) is 50.1. The second-order valence-corrected chi connectivity index (χ2v) is 16.1. The summed E-state index contributed by atoms with van der Waals surface area (Å²) < 4.78 is 16.5. The van der Waals surface area contributed by atoms with Crippen molar-refractivity contribution in [2.75, 3.05) is 39.5 Å². The van der Waals surface area contributed by atoms with Crippen LogP contribution in [-0.4, -0.2) is 79.6 Å². The number of alkyl carbamates (subject to hydrolysis) is 1. The van der Waals surface area contributed by atoms with E-state index in [1.807, 2.05) is 4.90 Å². The molecule has 1 heterocycles. The van der Waals surface area contributed by atoms with E-state index in [1.165, 1.54) is 154 Å². The quantitative estimate of drug-likeness (QED) is 0.0360. The summed E-state index contributed by atoms with van der Waals surface area (Å²) in [6, 6.07) is -0.0648. The van der Waals surface area contributed by atoms with Crippen LogP contribution in [0.2, 0.25) is 0 Å². The van der Waals surface area contributed by atoms with Crippen molar-refractivity contribution in [3.05, 3.63) is 0 Å². The molecule has 9 heteroatoms. The van der Waals surface area contributed by atoms with E-state index >= 15 is 0 Å². The van der Waals surface area contributed by atoms with E-state index in [0.29, 0.717) is 32.5 Å². The summed E-state index contributed by atoms with van der Waals surface area (Å²) in [5.41, 5.74) is 0. The van der Waals surface area contributed by atoms with Gasteiger partial charge in [0.15, 0.2) is 6.10 Å². The molecule has 9 nitrogen and oxygen atoms in total. The molecule has 1 aliphatic rings. The minimum atomic E-state index is -0.867. The number of amides is 1. The number of aliphatic hydroxyl groups is 1. The number of hydrogen-bond donors (Lipinski definition) is 2. The van der Waals surface area contributed by atoms with Gasteiger partial charge < -0.3 is 24.6 Å². The number of unbranched alkanes of at least 4 members (excludes halogenated alkanes) is 28. The number of β-amino-alcohol motifs (C(OH)–C–C–N with tert-alkyl or cyclic N) is 1. The van der Waals surface area contributed by atoms with Gasteiger partial charge in [-0.1, -0.05) is 194 Å². The number of ether oxygens (including phenoxy) is 3. The van der Waals surface area contributed by atoms with Gasteiger partial charge in [0.2, 0.25) is 0 Å². The molecule has 1 amide bonds. The van der Waals surface area contributed by atoms with Gasteiger partial charge >= 0.3 is 18.0 Å². The Balaban J connectivity index is 2.18. The standard InChI is InChI=1S/C45H86N2O7/c1-3-5-7-9-11-13-15-17-19-21-23-25-27-29-31-33-43(49)52-39-42(54-45(51)46-41-37-47(38-41)35-36-48)40-53-44(50)34-32-30-28-26-24-22-20-18-16-14-12-10-8-6-4-2/h41-42,48H,3-40H2,1-2H3,(H,46,51). The predicted octanol–water partition coefficient (Wildman–Crippen LogP) is 11.4. The first-order chi connectivity index (χ1) is 26.5. The molecule has 0 aromatic heterocycles. The van der Waals surface area contributed by atoms with E-state index in [1.54, 1.807) is 0 Å². The fraction of sp³-hybridized carbons (Fsp3) is 0.933. The highest BCUT2D eigenvalue weighted by Crippen LogP contribution is 2.16. The van der Waals surface area contributed by atoms with E-state index in [9.17, 15) is 14.4 Å². The van der Waals surface area contributed by atoms with E-state index in [4.69, 9.17) is 19.3 Å². The third kappa shape index (κ3) is 32.4. The Labute approximate surface area is 332 Å². The Morgan fingerprint density at radius 1 is 0.537 bits per heavy atom. The fourth-order valence-electron chi connectivity index (χ4n) is 7.25. The van der Waals surface area contributed by atoms with Crippen LogP contribution in [0.5, 0.6) is 0 Å². The molecule has 318 valence electrons. The number of hydrogen-bond acceptors (Lipinski definition) is 8. The maximum atomic E-state index is 12.6. The molecule has 1 aliphatic heterocycles. The van der Waals surface area contributed by atoms with Crippen LogP contribution in [0, 0.1) is 0 Å². The lowest BCUT2D eigenvalue weighted by atomic mass is 10.0. The van der Waals surface area contributed by atoms with Crippen molar-refractivity contribution in [2.24, 2.45) is 0 Å². The van der Waals surface area contributed by atoms with Crippen LogP contribution in [0.15, 0.2) is 0 Å². The molecule has 54 heavy (non-hydrogen) atoms. The van der Waals surface area contributed by atoms with E-state index in [0.717, 1.165) is 38.5 Å². The summed E-state index contributed by atoms with van der Waals surface area (Å²) in [5.74, 6) is -0.636. The summed E-state index contributed by atoms with van der Waals surface area (Å²) in [6.07, 6.45) is 37.2. The molecule has 0 unspecified atom stereocenters. The van der Waals surface area contributed by atoms with Crippen LogP contribution >= 0.6 is 0 Å². The minimum absolute atomic E-state index is 0.0648. The average Bonchev–Trinajstić information content (AvgIpc) is 3.15. The molecule has 1 fully saturated rings. The monoisotopic (exact) mass is 767 g/mol. The topological polar surface area (TPSA) is 114 Å². The van der Waals surface area contributed by atoms with E-state index in [-0.39, 0.29) is 37.8 Å². The largest absolute Gasteiger partial charge is 0.462 e. The zero-order valence-electron chi connectivity index (χ0n) is 35.4. The Hall–Kier alpha value is -1.87. The van der Waals surface area contributed by atoms with Gasteiger partial charge in [0.05, 0.1) is 12.6 Å². The average molecular weight is 767 g/mol. The third-order valence-electron chi connectivity index (χ3n) is 10.8. The normalized spacial score (nSPS) is 13.3. The van der Waals surface area contributed by atoms with Crippen molar-refractivity contribution in [3.8, 4) is 0 Å². The number of esters is 2. The van der Waals surface area contributed by atoms with Gasteiger partial charge in [-0.05, 0) is 12.8 Å². The van der Waals surface area contributed by atoms with Gasteiger partial charge in [-0.25, -0.2) is 4.79 Å². The zero-order valence-corrected chi connectivity index (χ0v) is 35.4. The van der Waals surface area contributed by atoms with Crippen LogP contribution in [-0.2, 0) is 23.8 Å². The van der Waals surface area contributed by atoms with Gasteiger partial charge in [0.25, 0.3) is 0 Å². The Morgan fingerprint density at radius 3 is 1.17 bits per heavy atom. The van der Waals surface area contributed by atoms with Crippen molar-refractivity contribution in [2.45, 2.75) is 231 Å². The Morgan fingerprint density at radius 2 is 0.852 bits per heavy atom. The number of carbonyl (C=O) groups excluding carboxylic acids is 3. The minimum Gasteiger partial charge on any atom is -0.462 e. The van der Waals surface area contributed by atoms with Gasteiger partial charge in [-0.3, -0.25) is 14.5 Å². The number of likely N-dealkylation sites (tertiary alicyclic amines) is 1. The van der Waals surface area contributed by atoms with E-state index in [2.05, 4.69) is 19.2 Å². The van der Waals surface area contributed by atoms with Crippen LogP contribution in [0.4, 0.5) is 4.79 Å². The van der Waals surface area contributed by atoms with Crippen molar-refractivity contribution >= 4 is 18.0 Å². The number of rotatable bonds is 40. The third-order valence-corrected chi connectivity index (χ3v) is 10.8. The maximum Gasteiger partial charge on any atom is 0.407 e. The van der Waals surface area contributed by atoms with Crippen LogP contribution in [0.1, 0.15) is 219 Å². The van der Waals surface area contributed by atoms with Crippen molar-refractivity contribution in [1.29, 1.82) is 0 Å². The summed E-state index contributed by atoms with van der Waals surface area (Å²) in [6.45, 7) is 6.18. The smallest absolute Gasteiger partial charge is 0.407 e. The molecular formula is C45H86N2O7. The molecule has 0 aromatic carbocycles. The highest BCUT2D eigenvalue weighted by molar-refractivity contribution is 5.70. The summed E-state index contributed by atoms with van der Waals surface area (Å²) in [7, 11) is 0. The molecule has 0 spiro atoms. The van der Waals surface area contributed by atoms with Gasteiger partial charge in [-0.2, -0.15) is 0 Å². The van der Waals surface area contributed by atoms with Crippen molar-refractivity contribution in [1.82, 2.24) is 10.2 Å². The maximum absolute atomic E-state index is 12.6. The van der Waals surface area contributed by atoms with Gasteiger partial charge in [0, 0.05) is 32.5 Å². The van der Waals surface area contributed by atoms with Crippen molar-refractivity contribution < 1.29 is 33.7 Å². The fourth-order valence-corrected chi connectivity index (χ4v) is 7.25. The van der Waals surface area contributed by atoms with Crippen LogP contribution in [0.3, 0.4) is 0 Å². The first-order valence-corrected chi connectivity index (χ1v) is 23.1. The number of nitrogens with zero attached hydrogens (tertiary/aromatic N) is 1. The molecule has 0 atom stereocenters. The molecular weight excluding hydrogens is 681 g/mol. The molecule has 1 rings (SSSR count). The number of aliphatic hydroxyl groups excluding tert-OH is 1. The SMILES string of the molecule is CCCCCCCCCCCCCCCCCC(=O)OCC(COC(=O)CCCCCCCCCCCCCCCCC)OC(=O)NC1CN(CCO)C1. The molecule has 1 saturated heterocycles. The predicted molar refractivity (Wildman–Crippen MR) is 222 cm³/mol. The van der Waals surface area contributed by atoms with Crippen LogP contribution < -0.4 is 5.32 Å². The second kappa shape index (κ2) is 38.0. The molecule has 0 bridgehead atoms. The van der Waals surface area contributed by atoms with Gasteiger partial charge in [-0.15, -0.1) is 0 Å². The molecule has 0 saturated carbocycles. The Kier molecular flexibility index (Phi) is 35.3. The van der Waals surface area contributed by atoms with Gasteiger partial charge in [0.1, 0.15) is 13.2 Å². The summed E-state index contributed by atoms with van der Waals surface area (Å²) in [4.78, 5) is 39.6. The number of carbonyl (C=O) groups is 3. The lowest BCUT2D eigenvalue weighted by molar-refractivity contribution is -0.152. The van der Waals surface area contributed by atoms with Crippen molar-refractivity contribution in [3.63, 3.8) is 0 Å². The molecule has 0 radical (unpaired) electrons. The lowest BCUT2D eigenvalue weighted by Gasteiger charge is -2.38. The van der Waals surface area contributed by atoms with E-state index < -0.39 is 12.2 Å². The second-order valence-electron chi connectivity index (χ2n) is 16.1. The summed E-state index contributed by atoms with van der Waals surface area (Å²) >= 11 is 0. The molecule has 0 aliphatic carbocycles. The highest BCUT2D eigenvalue weighted by atomic mass is 16.6. The summed E-state index contributed by atoms with van der Waals surface area (Å²) in [5, 5.41) is 11.9. The lowest BCUT2D eigenvalue weighted by Crippen LogP contribution is -2.60. The zero-order chi connectivity index (χ0) is 39.2. The highest BCUT2D eigenvalue weighted by Gasteiger charge is 2.29. The van der Waals surface area contributed by atoms with Crippen LogP contribution in [0.25, 0.3) is 0 Å². The Bertz CT molecular complexity index is 817. The first-order valence-electron chi connectivity index (χ1n) is 23.1. The molecule has 0 aromatic rings.